The maximum atomic E-state index is 4.78. The Labute approximate surface area is 127 Å². The Morgan fingerprint density at radius 3 is 2.29 bits per heavy atom. The van der Waals surface area contributed by atoms with Crippen LogP contribution in [-0.2, 0) is 5.41 Å². The van der Waals surface area contributed by atoms with E-state index in [2.05, 4.69) is 70.0 Å². The summed E-state index contributed by atoms with van der Waals surface area (Å²) in [5.41, 5.74) is 4.64. The van der Waals surface area contributed by atoms with Crippen molar-refractivity contribution in [3.05, 3.63) is 41.2 Å². The van der Waals surface area contributed by atoms with Crippen molar-refractivity contribution in [2.24, 2.45) is 0 Å². The molecule has 1 aromatic heterocycles. The molecular weight excluding hydrogens is 258 g/mol. The summed E-state index contributed by atoms with van der Waals surface area (Å²) in [6.07, 6.45) is 0. The van der Waals surface area contributed by atoms with Crippen molar-refractivity contribution in [3.63, 3.8) is 0 Å². The number of benzene rings is 1. The van der Waals surface area contributed by atoms with Gasteiger partial charge in [0.15, 0.2) is 0 Å². The third-order valence-electron chi connectivity index (χ3n) is 3.56. The highest BCUT2D eigenvalue weighted by Crippen LogP contribution is 2.26. The fourth-order valence-electron chi connectivity index (χ4n) is 2.10. The zero-order valence-corrected chi connectivity index (χ0v) is 13.9. The van der Waals surface area contributed by atoms with Crippen LogP contribution >= 0.6 is 0 Å². The van der Waals surface area contributed by atoms with Crippen molar-refractivity contribution in [2.45, 2.75) is 47.0 Å². The molecule has 0 aliphatic heterocycles. The zero-order valence-electron chi connectivity index (χ0n) is 13.9. The second kappa shape index (κ2) is 5.84. The van der Waals surface area contributed by atoms with Crippen molar-refractivity contribution in [1.82, 2.24) is 9.97 Å². The Morgan fingerprint density at radius 2 is 1.71 bits per heavy atom. The molecule has 1 heterocycles. The van der Waals surface area contributed by atoms with Gasteiger partial charge in [0.1, 0.15) is 11.6 Å². The second-order valence-electron chi connectivity index (χ2n) is 6.54. The van der Waals surface area contributed by atoms with E-state index in [1.807, 2.05) is 6.07 Å². The van der Waals surface area contributed by atoms with E-state index in [0.717, 1.165) is 29.4 Å². The molecule has 0 aliphatic carbocycles. The van der Waals surface area contributed by atoms with Crippen LogP contribution in [0.4, 0.5) is 5.82 Å². The van der Waals surface area contributed by atoms with Crippen molar-refractivity contribution in [3.8, 4) is 11.3 Å². The lowest BCUT2D eigenvalue weighted by molar-refractivity contribution is 0.546. The van der Waals surface area contributed by atoms with Gasteiger partial charge >= 0.3 is 0 Å². The van der Waals surface area contributed by atoms with E-state index in [0.29, 0.717) is 0 Å². The van der Waals surface area contributed by atoms with E-state index >= 15 is 0 Å². The number of aromatic nitrogens is 2. The van der Waals surface area contributed by atoms with Crippen molar-refractivity contribution < 1.29 is 0 Å². The Kier molecular flexibility index (Phi) is 4.31. The van der Waals surface area contributed by atoms with Crippen molar-refractivity contribution in [1.29, 1.82) is 0 Å². The number of hydrogen-bond acceptors (Lipinski definition) is 3. The van der Waals surface area contributed by atoms with Gasteiger partial charge in [-0.2, -0.15) is 0 Å². The highest BCUT2D eigenvalue weighted by Gasteiger charge is 2.19. The van der Waals surface area contributed by atoms with Gasteiger partial charge in [-0.05, 0) is 38.0 Å². The molecule has 3 nitrogen and oxygen atoms in total. The summed E-state index contributed by atoms with van der Waals surface area (Å²) < 4.78 is 0. The normalized spacial score (nSPS) is 11.5. The molecule has 0 spiro atoms. The monoisotopic (exact) mass is 283 g/mol. The van der Waals surface area contributed by atoms with Gasteiger partial charge in [0, 0.05) is 23.6 Å². The maximum Gasteiger partial charge on any atom is 0.136 e. The highest BCUT2D eigenvalue weighted by molar-refractivity contribution is 5.64. The van der Waals surface area contributed by atoms with Gasteiger partial charge in [0.25, 0.3) is 0 Å². The first-order valence-electron chi connectivity index (χ1n) is 7.52. The van der Waals surface area contributed by atoms with E-state index in [1.165, 1.54) is 11.1 Å². The molecule has 112 valence electrons. The maximum absolute atomic E-state index is 4.78. The molecule has 1 N–H and O–H groups in total. The van der Waals surface area contributed by atoms with E-state index in [4.69, 9.17) is 4.98 Å². The van der Waals surface area contributed by atoms with Crippen LogP contribution in [0.3, 0.4) is 0 Å². The van der Waals surface area contributed by atoms with E-state index < -0.39 is 0 Å². The van der Waals surface area contributed by atoms with Gasteiger partial charge < -0.3 is 5.32 Å². The predicted molar refractivity (Wildman–Crippen MR) is 89.8 cm³/mol. The molecule has 0 atom stereocenters. The first-order valence-corrected chi connectivity index (χ1v) is 7.52. The van der Waals surface area contributed by atoms with Gasteiger partial charge in [-0.25, -0.2) is 9.97 Å². The summed E-state index contributed by atoms with van der Waals surface area (Å²) in [4.78, 5) is 9.41. The quantitative estimate of drug-likeness (QED) is 0.902. The average Bonchev–Trinajstić information content (AvgIpc) is 2.41. The van der Waals surface area contributed by atoms with Crippen LogP contribution in [-0.4, -0.2) is 16.5 Å². The smallest absolute Gasteiger partial charge is 0.136 e. The van der Waals surface area contributed by atoms with Crippen LogP contribution in [0.15, 0.2) is 24.3 Å². The molecule has 0 amide bonds. The highest BCUT2D eigenvalue weighted by atomic mass is 15.0. The third kappa shape index (κ3) is 3.60. The van der Waals surface area contributed by atoms with E-state index in [1.54, 1.807) is 0 Å². The van der Waals surface area contributed by atoms with Crippen molar-refractivity contribution >= 4 is 5.82 Å². The number of aryl methyl sites for hydroxylation is 2. The molecule has 0 aliphatic rings. The van der Waals surface area contributed by atoms with Gasteiger partial charge in [-0.1, -0.05) is 32.9 Å². The minimum atomic E-state index is -0.0695. The fraction of sp³-hybridized carbons (Fsp3) is 0.444. The molecule has 0 bridgehead atoms. The van der Waals surface area contributed by atoms with Crippen LogP contribution in [0.5, 0.6) is 0 Å². The molecule has 3 heteroatoms. The van der Waals surface area contributed by atoms with Crippen molar-refractivity contribution in [2.75, 3.05) is 11.9 Å². The average molecular weight is 283 g/mol. The molecule has 21 heavy (non-hydrogen) atoms. The largest absolute Gasteiger partial charge is 0.370 e. The number of anilines is 1. The summed E-state index contributed by atoms with van der Waals surface area (Å²) in [7, 11) is 0. The summed E-state index contributed by atoms with van der Waals surface area (Å²) in [5, 5.41) is 3.31. The van der Waals surface area contributed by atoms with Crippen LogP contribution in [0, 0.1) is 13.8 Å². The molecule has 0 saturated heterocycles. The summed E-state index contributed by atoms with van der Waals surface area (Å²) >= 11 is 0. The lowest BCUT2D eigenvalue weighted by Crippen LogP contribution is -2.17. The van der Waals surface area contributed by atoms with Crippen LogP contribution in [0.25, 0.3) is 11.3 Å². The molecule has 2 aromatic rings. The van der Waals surface area contributed by atoms with Crippen LogP contribution in [0.2, 0.25) is 0 Å². The minimum absolute atomic E-state index is 0.0695. The zero-order chi connectivity index (χ0) is 15.6. The number of rotatable bonds is 3. The molecule has 0 fully saturated rings. The standard InChI is InChI=1S/C18H25N3/c1-7-19-16-11-15(20-17(21-16)18(4,5)6)14-9-8-12(2)13(3)10-14/h8-11H,7H2,1-6H3,(H,19,20,21). The van der Waals surface area contributed by atoms with E-state index in [-0.39, 0.29) is 5.41 Å². The lowest BCUT2D eigenvalue weighted by Gasteiger charge is -2.19. The van der Waals surface area contributed by atoms with Gasteiger partial charge in [0.2, 0.25) is 0 Å². The molecule has 0 unspecified atom stereocenters. The Morgan fingerprint density at radius 1 is 1.00 bits per heavy atom. The Balaban J connectivity index is 2.56. The molecule has 0 radical (unpaired) electrons. The molecule has 2 rings (SSSR count). The Hall–Kier alpha value is -1.90. The SMILES string of the molecule is CCNc1cc(-c2ccc(C)c(C)c2)nc(C(C)(C)C)n1. The molecule has 0 saturated carbocycles. The lowest BCUT2D eigenvalue weighted by atomic mass is 9.95. The van der Waals surface area contributed by atoms with Gasteiger partial charge in [-0.15, -0.1) is 0 Å². The second-order valence-corrected chi connectivity index (χ2v) is 6.54. The number of hydrogen-bond donors (Lipinski definition) is 1. The molecular formula is C18H25N3. The topological polar surface area (TPSA) is 37.8 Å². The number of nitrogens with one attached hydrogen (secondary N) is 1. The first-order chi connectivity index (χ1) is 9.81. The Bertz CT molecular complexity index is 639. The third-order valence-corrected chi connectivity index (χ3v) is 3.56. The summed E-state index contributed by atoms with van der Waals surface area (Å²) in [5.74, 6) is 1.76. The molecule has 1 aromatic carbocycles. The summed E-state index contributed by atoms with van der Waals surface area (Å²) in [6.45, 7) is 13.6. The van der Waals surface area contributed by atoms with Gasteiger partial charge in [-0.3, -0.25) is 0 Å². The predicted octanol–water partition coefficient (Wildman–Crippen LogP) is 4.49. The van der Waals surface area contributed by atoms with Crippen LogP contribution in [0.1, 0.15) is 44.6 Å². The van der Waals surface area contributed by atoms with E-state index in [9.17, 15) is 0 Å². The fourth-order valence-corrected chi connectivity index (χ4v) is 2.10. The first kappa shape index (κ1) is 15.5. The number of nitrogens with zero attached hydrogens (tertiary/aromatic N) is 2. The van der Waals surface area contributed by atoms with Gasteiger partial charge in [0.05, 0.1) is 5.69 Å². The minimum Gasteiger partial charge on any atom is -0.370 e. The van der Waals surface area contributed by atoms with Crippen LogP contribution < -0.4 is 5.32 Å². The summed E-state index contributed by atoms with van der Waals surface area (Å²) in [6, 6.07) is 8.51.